The van der Waals surface area contributed by atoms with Crippen LogP contribution in [0.3, 0.4) is 0 Å². The van der Waals surface area contributed by atoms with E-state index in [9.17, 15) is 9.59 Å². The van der Waals surface area contributed by atoms with Crippen molar-refractivity contribution in [3.8, 4) is 0 Å². The summed E-state index contributed by atoms with van der Waals surface area (Å²) in [5.74, 6) is -0.389. The second kappa shape index (κ2) is 8.62. The molecule has 30 heavy (non-hydrogen) atoms. The van der Waals surface area contributed by atoms with E-state index in [-0.39, 0.29) is 11.8 Å². The Morgan fingerprint density at radius 1 is 0.767 bits per heavy atom. The lowest BCUT2D eigenvalue weighted by atomic mass is 10.1. The van der Waals surface area contributed by atoms with Crippen molar-refractivity contribution in [1.29, 1.82) is 0 Å². The van der Waals surface area contributed by atoms with Crippen LogP contribution in [0.1, 0.15) is 26.3 Å². The van der Waals surface area contributed by atoms with Gasteiger partial charge >= 0.3 is 0 Å². The molecule has 0 aliphatic carbocycles. The molecule has 2 amide bonds. The first kappa shape index (κ1) is 19.4. The van der Waals surface area contributed by atoms with Gasteiger partial charge in [0.25, 0.3) is 11.8 Å². The van der Waals surface area contributed by atoms with Crippen molar-refractivity contribution in [3.05, 3.63) is 114 Å². The number of carbonyl (C=O) groups excluding carboxylic acids is 2. The van der Waals surface area contributed by atoms with Crippen LogP contribution in [0, 0.1) is 0 Å². The maximum atomic E-state index is 13.1. The highest BCUT2D eigenvalue weighted by atomic mass is 16.2. The average molecular weight is 394 g/mol. The van der Waals surface area contributed by atoms with E-state index in [0.717, 1.165) is 10.9 Å². The van der Waals surface area contributed by atoms with Crippen molar-refractivity contribution in [2.24, 2.45) is 0 Å². The topological polar surface area (TPSA) is 49.4 Å². The monoisotopic (exact) mass is 394 g/mol. The summed E-state index contributed by atoms with van der Waals surface area (Å²) < 4.78 is 0. The highest BCUT2D eigenvalue weighted by Crippen LogP contribution is 2.21. The van der Waals surface area contributed by atoms with E-state index < -0.39 is 0 Å². The molecule has 148 valence electrons. The predicted molar refractivity (Wildman–Crippen MR) is 121 cm³/mol. The van der Waals surface area contributed by atoms with Gasteiger partial charge in [-0.25, -0.2) is 0 Å². The van der Waals surface area contributed by atoms with Gasteiger partial charge in [0.15, 0.2) is 0 Å². The number of anilines is 1. The van der Waals surface area contributed by atoms with Crippen molar-refractivity contribution in [2.45, 2.75) is 6.54 Å². The van der Waals surface area contributed by atoms with Crippen LogP contribution in [0.15, 0.2) is 97.1 Å². The molecular formula is C26H22N2O2. The normalized spacial score (nSPS) is 10.6. The van der Waals surface area contributed by atoms with Gasteiger partial charge in [-0.1, -0.05) is 66.7 Å². The molecule has 0 fully saturated rings. The van der Waals surface area contributed by atoms with Gasteiger partial charge in [0.1, 0.15) is 0 Å². The SMILES string of the molecule is CN(Cc1ccc2ccccc2c1)C(=O)c1ccccc1NC(=O)c1ccccc1. The summed E-state index contributed by atoms with van der Waals surface area (Å²) in [6.45, 7) is 0.477. The summed E-state index contributed by atoms with van der Waals surface area (Å²) >= 11 is 0. The third-order valence-electron chi connectivity index (χ3n) is 5.02. The standard InChI is InChI=1S/C26H22N2O2/c1-28(18-19-15-16-20-9-5-6-12-22(20)17-19)26(30)23-13-7-8-14-24(23)27-25(29)21-10-3-2-4-11-21/h2-17H,18H2,1H3,(H,27,29). The third kappa shape index (κ3) is 4.23. The third-order valence-corrected chi connectivity index (χ3v) is 5.02. The van der Waals surface area contributed by atoms with Gasteiger partial charge in [0, 0.05) is 19.2 Å². The number of para-hydroxylation sites is 1. The van der Waals surface area contributed by atoms with E-state index in [1.54, 1.807) is 48.3 Å². The Bertz CT molecular complexity index is 1200. The van der Waals surface area contributed by atoms with Gasteiger partial charge in [0.05, 0.1) is 11.3 Å². The quantitative estimate of drug-likeness (QED) is 0.495. The van der Waals surface area contributed by atoms with Crippen LogP contribution in [-0.2, 0) is 6.54 Å². The van der Waals surface area contributed by atoms with Crippen LogP contribution < -0.4 is 5.32 Å². The van der Waals surface area contributed by atoms with Crippen LogP contribution in [0.5, 0.6) is 0 Å². The number of benzene rings is 4. The van der Waals surface area contributed by atoms with Crippen LogP contribution in [-0.4, -0.2) is 23.8 Å². The number of nitrogens with one attached hydrogen (secondary N) is 1. The number of rotatable bonds is 5. The van der Waals surface area contributed by atoms with Crippen LogP contribution >= 0.6 is 0 Å². The maximum Gasteiger partial charge on any atom is 0.256 e. The molecule has 4 aromatic carbocycles. The molecule has 0 aliphatic heterocycles. The zero-order valence-electron chi connectivity index (χ0n) is 16.7. The second-order valence-corrected chi connectivity index (χ2v) is 7.21. The van der Waals surface area contributed by atoms with E-state index >= 15 is 0 Å². The molecule has 0 bridgehead atoms. The minimum atomic E-state index is -0.243. The van der Waals surface area contributed by atoms with Crippen molar-refractivity contribution in [2.75, 3.05) is 12.4 Å². The molecule has 0 radical (unpaired) electrons. The molecule has 4 rings (SSSR count). The van der Waals surface area contributed by atoms with Crippen molar-refractivity contribution in [3.63, 3.8) is 0 Å². The molecule has 0 heterocycles. The first-order valence-corrected chi connectivity index (χ1v) is 9.80. The van der Waals surface area contributed by atoms with E-state index in [2.05, 4.69) is 29.6 Å². The molecule has 1 N–H and O–H groups in total. The fourth-order valence-corrected chi connectivity index (χ4v) is 3.45. The minimum absolute atomic E-state index is 0.146. The van der Waals surface area contributed by atoms with E-state index in [4.69, 9.17) is 0 Å². The molecule has 4 heteroatoms. The predicted octanol–water partition coefficient (Wildman–Crippen LogP) is 5.36. The fraction of sp³-hybridized carbons (Fsp3) is 0.0769. The van der Waals surface area contributed by atoms with E-state index in [0.29, 0.717) is 23.4 Å². The number of amides is 2. The molecule has 0 aliphatic rings. The highest BCUT2D eigenvalue weighted by molar-refractivity contribution is 6.08. The number of nitrogens with zero attached hydrogens (tertiary/aromatic N) is 1. The average Bonchev–Trinajstić information content (AvgIpc) is 2.79. The fourth-order valence-electron chi connectivity index (χ4n) is 3.45. The summed E-state index contributed by atoms with van der Waals surface area (Å²) in [5.41, 5.74) is 2.56. The molecule has 4 aromatic rings. The molecule has 0 saturated carbocycles. The number of fused-ring (bicyclic) bond motifs is 1. The Morgan fingerprint density at radius 3 is 2.23 bits per heavy atom. The first-order chi connectivity index (χ1) is 14.6. The lowest BCUT2D eigenvalue weighted by Crippen LogP contribution is -2.27. The Morgan fingerprint density at radius 2 is 1.43 bits per heavy atom. The van der Waals surface area contributed by atoms with Crippen LogP contribution in [0.2, 0.25) is 0 Å². The van der Waals surface area contributed by atoms with Crippen LogP contribution in [0.25, 0.3) is 10.8 Å². The Labute approximate surface area is 175 Å². The first-order valence-electron chi connectivity index (χ1n) is 9.80. The van der Waals surface area contributed by atoms with E-state index in [1.807, 2.05) is 36.4 Å². The minimum Gasteiger partial charge on any atom is -0.337 e. The zero-order chi connectivity index (χ0) is 20.9. The zero-order valence-corrected chi connectivity index (χ0v) is 16.7. The molecule has 0 unspecified atom stereocenters. The number of hydrogen-bond acceptors (Lipinski definition) is 2. The van der Waals surface area contributed by atoms with Crippen LogP contribution in [0.4, 0.5) is 5.69 Å². The van der Waals surface area contributed by atoms with Crippen molar-refractivity contribution in [1.82, 2.24) is 4.90 Å². The van der Waals surface area contributed by atoms with Gasteiger partial charge in [0.2, 0.25) is 0 Å². The summed E-state index contributed by atoms with van der Waals surface area (Å²) in [4.78, 5) is 27.3. The lowest BCUT2D eigenvalue weighted by molar-refractivity contribution is 0.0786. The molecule has 0 saturated heterocycles. The van der Waals surface area contributed by atoms with Gasteiger partial charge < -0.3 is 10.2 Å². The molecular weight excluding hydrogens is 372 g/mol. The molecule has 0 spiro atoms. The second-order valence-electron chi connectivity index (χ2n) is 7.21. The Hall–Kier alpha value is -3.92. The largest absolute Gasteiger partial charge is 0.337 e. The summed E-state index contributed by atoms with van der Waals surface area (Å²) in [6, 6.07) is 30.4. The smallest absolute Gasteiger partial charge is 0.256 e. The number of hydrogen-bond donors (Lipinski definition) is 1. The number of carbonyl (C=O) groups is 2. The summed E-state index contributed by atoms with van der Waals surface area (Å²) in [5, 5.41) is 5.18. The Balaban J connectivity index is 1.53. The molecule has 0 atom stereocenters. The van der Waals surface area contributed by atoms with Gasteiger partial charge in [-0.2, -0.15) is 0 Å². The Kier molecular flexibility index (Phi) is 5.57. The summed E-state index contributed by atoms with van der Waals surface area (Å²) in [6.07, 6.45) is 0. The van der Waals surface area contributed by atoms with Crippen molar-refractivity contribution >= 4 is 28.3 Å². The van der Waals surface area contributed by atoms with Gasteiger partial charge in [-0.15, -0.1) is 0 Å². The highest BCUT2D eigenvalue weighted by Gasteiger charge is 2.17. The van der Waals surface area contributed by atoms with Crippen molar-refractivity contribution < 1.29 is 9.59 Å². The lowest BCUT2D eigenvalue weighted by Gasteiger charge is -2.20. The summed E-state index contributed by atoms with van der Waals surface area (Å²) in [7, 11) is 1.77. The molecule has 0 aromatic heterocycles. The molecule has 4 nitrogen and oxygen atoms in total. The van der Waals surface area contributed by atoms with E-state index in [1.165, 1.54) is 5.39 Å². The van der Waals surface area contributed by atoms with Gasteiger partial charge in [-0.3, -0.25) is 9.59 Å². The maximum absolute atomic E-state index is 13.1. The van der Waals surface area contributed by atoms with Gasteiger partial charge in [-0.05, 0) is 46.7 Å².